The van der Waals surface area contributed by atoms with Crippen molar-refractivity contribution in [2.75, 3.05) is 19.4 Å². The Morgan fingerprint density at radius 2 is 2.13 bits per heavy atom. The lowest BCUT2D eigenvalue weighted by molar-refractivity contribution is -0.140. The van der Waals surface area contributed by atoms with Gasteiger partial charge >= 0.3 is 5.97 Å². The first-order valence-electron chi connectivity index (χ1n) is 7.17. The van der Waals surface area contributed by atoms with Gasteiger partial charge in [0.2, 0.25) is 5.91 Å². The van der Waals surface area contributed by atoms with Crippen molar-refractivity contribution in [3.05, 3.63) is 42.2 Å². The zero-order chi connectivity index (χ0) is 16.7. The van der Waals surface area contributed by atoms with E-state index in [-0.39, 0.29) is 30.6 Å². The summed E-state index contributed by atoms with van der Waals surface area (Å²) in [5, 5.41) is 3.44. The molecule has 0 aliphatic heterocycles. The van der Waals surface area contributed by atoms with Gasteiger partial charge in [0.15, 0.2) is 5.16 Å². The van der Waals surface area contributed by atoms with Crippen LogP contribution in [0.4, 0.5) is 0 Å². The summed E-state index contributed by atoms with van der Waals surface area (Å²) in [5.74, 6) is -0.240. The third-order valence-corrected chi connectivity index (χ3v) is 4.16. The number of para-hydroxylation sites is 1. The summed E-state index contributed by atoms with van der Waals surface area (Å²) >= 11 is 1.35. The van der Waals surface area contributed by atoms with E-state index in [1.54, 1.807) is 6.20 Å². The number of rotatable bonds is 7. The van der Waals surface area contributed by atoms with Crippen LogP contribution in [0.2, 0.25) is 0 Å². The molecule has 0 bridgehead atoms. The maximum Gasteiger partial charge on any atom is 0.307 e. The van der Waals surface area contributed by atoms with Gasteiger partial charge in [-0.05, 0) is 18.6 Å². The number of imidazole rings is 1. The third kappa shape index (κ3) is 4.85. The number of hydrogen-bond acceptors (Lipinski definition) is 5. The van der Waals surface area contributed by atoms with E-state index in [0.717, 1.165) is 16.4 Å². The first-order chi connectivity index (χ1) is 11.1. The number of nitrogens with one attached hydrogen (secondary N) is 1. The largest absolute Gasteiger partial charge is 0.469 e. The molecule has 122 valence electrons. The van der Waals surface area contributed by atoms with E-state index in [4.69, 9.17) is 0 Å². The molecule has 23 heavy (non-hydrogen) atoms. The lowest BCUT2D eigenvalue weighted by Gasteiger charge is -2.10. The van der Waals surface area contributed by atoms with Crippen molar-refractivity contribution < 1.29 is 14.3 Å². The van der Waals surface area contributed by atoms with Crippen molar-refractivity contribution in [3.8, 4) is 5.69 Å². The Bertz CT molecular complexity index is 685. The van der Waals surface area contributed by atoms with Crippen LogP contribution in [-0.2, 0) is 14.3 Å². The molecule has 0 fully saturated rings. The normalized spacial score (nSPS) is 10.3. The summed E-state index contributed by atoms with van der Waals surface area (Å²) < 4.78 is 6.48. The van der Waals surface area contributed by atoms with Gasteiger partial charge in [0.05, 0.1) is 25.0 Å². The molecule has 0 saturated carbocycles. The molecule has 1 aromatic heterocycles. The number of benzene rings is 1. The summed E-state index contributed by atoms with van der Waals surface area (Å²) in [4.78, 5) is 27.1. The second-order valence-electron chi connectivity index (χ2n) is 4.83. The number of nitrogens with zero attached hydrogens (tertiary/aromatic N) is 2. The standard InChI is InChI=1S/C16H19N3O3S/c1-12-5-3-4-6-13(12)19-10-9-18-16(19)23-11-14(20)17-8-7-15(21)22-2/h3-6,9-10H,7-8,11H2,1-2H3,(H,17,20). The summed E-state index contributed by atoms with van der Waals surface area (Å²) in [5.41, 5.74) is 2.17. The van der Waals surface area contributed by atoms with E-state index in [9.17, 15) is 9.59 Å². The van der Waals surface area contributed by atoms with Crippen LogP contribution in [0.5, 0.6) is 0 Å². The van der Waals surface area contributed by atoms with E-state index in [2.05, 4.69) is 15.0 Å². The van der Waals surface area contributed by atoms with Crippen LogP contribution in [0.3, 0.4) is 0 Å². The fraction of sp³-hybridized carbons (Fsp3) is 0.312. The maximum absolute atomic E-state index is 11.8. The van der Waals surface area contributed by atoms with Gasteiger partial charge in [-0.15, -0.1) is 0 Å². The number of hydrogen-bond donors (Lipinski definition) is 1. The van der Waals surface area contributed by atoms with Crippen LogP contribution in [-0.4, -0.2) is 40.8 Å². The number of amides is 1. The van der Waals surface area contributed by atoms with E-state index in [0.29, 0.717) is 0 Å². The van der Waals surface area contributed by atoms with Crippen molar-refractivity contribution in [2.45, 2.75) is 18.5 Å². The first kappa shape index (κ1) is 17.1. The Balaban J connectivity index is 1.90. The van der Waals surface area contributed by atoms with Gasteiger partial charge < -0.3 is 10.1 Å². The van der Waals surface area contributed by atoms with Crippen LogP contribution in [0.1, 0.15) is 12.0 Å². The van der Waals surface area contributed by atoms with E-state index >= 15 is 0 Å². The molecule has 0 aliphatic carbocycles. The highest BCUT2D eigenvalue weighted by Gasteiger charge is 2.10. The molecule has 1 heterocycles. The lowest BCUT2D eigenvalue weighted by atomic mass is 10.2. The number of thioether (sulfide) groups is 1. The molecule has 0 saturated heterocycles. The molecule has 0 aliphatic rings. The molecule has 2 aromatic rings. The van der Waals surface area contributed by atoms with E-state index < -0.39 is 0 Å². The minimum absolute atomic E-state index is 0.141. The number of carbonyl (C=O) groups is 2. The van der Waals surface area contributed by atoms with Crippen LogP contribution >= 0.6 is 11.8 Å². The second kappa shape index (κ2) is 8.38. The quantitative estimate of drug-likeness (QED) is 0.619. The Morgan fingerprint density at radius 1 is 1.35 bits per heavy atom. The Morgan fingerprint density at radius 3 is 2.87 bits per heavy atom. The molecular weight excluding hydrogens is 314 g/mol. The predicted octanol–water partition coefficient (Wildman–Crippen LogP) is 1.95. The third-order valence-electron chi connectivity index (χ3n) is 3.19. The van der Waals surface area contributed by atoms with Crippen molar-refractivity contribution in [3.63, 3.8) is 0 Å². The summed E-state index contributed by atoms with van der Waals surface area (Å²) in [7, 11) is 1.32. The summed E-state index contributed by atoms with van der Waals surface area (Å²) in [6.07, 6.45) is 3.76. The summed E-state index contributed by atoms with van der Waals surface area (Å²) in [6.45, 7) is 2.31. The van der Waals surface area contributed by atoms with Gasteiger partial charge in [-0.25, -0.2) is 4.98 Å². The van der Waals surface area contributed by atoms with Crippen LogP contribution in [0, 0.1) is 6.92 Å². The monoisotopic (exact) mass is 333 g/mol. The molecule has 2 rings (SSSR count). The Labute approximate surface area is 139 Å². The average molecular weight is 333 g/mol. The summed E-state index contributed by atoms with van der Waals surface area (Å²) in [6, 6.07) is 7.99. The Hall–Kier alpha value is -2.28. The highest BCUT2D eigenvalue weighted by atomic mass is 32.2. The topological polar surface area (TPSA) is 73.2 Å². The van der Waals surface area contributed by atoms with Crippen LogP contribution < -0.4 is 5.32 Å². The highest BCUT2D eigenvalue weighted by molar-refractivity contribution is 7.99. The van der Waals surface area contributed by atoms with Gasteiger partial charge in [0, 0.05) is 18.9 Å². The SMILES string of the molecule is COC(=O)CCNC(=O)CSc1nccn1-c1ccccc1C. The van der Waals surface area contributed by atoms with Crippen molar-refractivity contribution in [2.24, 2.45) is 0 Å². The minimum Gasteiger partial charge on any atom is -0.469 e. The fourth-order valence-corrected chi connectivity index (χ4v) is 2.80. The molecule has 7 heteroatoms. The van der Waals surface area contributed by atoms with E-state index in [1.165, 1.54) is 18.9 Å². The van der Waals surface area contributed by atoms with Crippen molar-refractivity contribution in [1.82, 2.24) is 14.9 Å². The Kier molecular flexibility index (Phi) is 6.22. The zero-order valence-corrected chi connectivity index (χ0v) is 13.9. The van der Waals surface area contributed by atoms with Gasteiger partial charge in [0.25, 0.3) is 0 Å². The van der Waals surface area contributed by atoms with Crippen molar-refractivity contribution >= 4 is 23.6 Å². The van der Waals surface area contributed by atoms with E-state index in [1.807, 2.05) is 42.0 Å². The fourth-order valence-electron chi connectivity index (χ4n) is 2.00. The predicted molar refractivity (Wildman–Crippen MR) is 88.7 cm³/mol. The molecule has 1 aromatic carbocycles. The first-order valence-corrected chi connectivity index (χ1v) is 8.16. The highest BCUT2D eigenvalue weighted by Crippen LogP contribution is 2.22. The minimum atomic E-state index is -0.340. The molecule has 0 atom stereocenters. The molecule has 0 unspecified atom stereocenters. The maximum atomic E-state index is 11.8. The van der Waals surface area contributed by atoms with Gasteiger partial charge in [-0.3, -0.25) is 14.2 Å². The molecule has 1 amide bonds. The molecular formula is C16H19N3O3S. The number of esters is 1. The van der Waals surface area contributed by atoms with Gasteiger partial charge in [-0.1, -0.05) is 30.0 Å². The number of methoxy groups -OCH3 is 1. The number of aryl methyl sites for hydroxylation is 1. The van der Waals surface area contributed by atoms with Crippen molar-refractivity contribution in [1.29, 1.82) is 0 Å². The van der Waals surface area contributed by atoms with Gasteiger partial charge in [-0.2, -0.15) is 0 Å². The lowest BCUT2D eigenvalue weighted by Crippen LogP contribution is -2.27. The average Bonchev–Trinajstić information content (AvgIpc) is 3.01. The smallest absolute Gasteiger partial charge is 0.307 e. The van der Waals surface area contributed by atoms with Crippen LogP contribution in [0.15, 0.2) is 41.8 Å². The number of aromatic nitrogens is 2. The molecule has 6 nitrogen and oxygen atoms in total. The number of ether oxygens (including phenoxy) is 1. The molecule has 0 spiro atoms. The zero-order valence-electron chi connectivity index (χ0n) is 13.1. The molecule has 0 radical (unpaired) electrons. The molecule has 1 N–H and O–H groups in total. The second-order valence-corrected chi connectivity index (χ2v) is 5.77. The van der Waals surface area contributed by atoms with Gasteiger partial charge in [0.1, 0.15) is 0 Å². The van der Waals surface area contributed by atoms with Crippen LogP contribution in [0.25, 0.3) is 5.69 Å². The number of carbonyl (C=O) groups excluding carboxylic acids is 2.